The Labute approximate surface area is 128 Å². The predicted octanol–water partition coefficient (Wildman–Crippen LogP) is 3.98. The van der Waals surface area contributed by atoms with Gasteiger partial charge in [0.1, 0.15) is 5.54 Å². The SMILES string of the molecule is CCOC(=O)C1(Nc2ccc(Br)cc2)CC2CCC1C2. The van der Waals surface area contributed by atoms with E-state index in [0.29, 0.717) is 18.4 Å². The lowest BCUT2D eigenvalue weighted by atomic mass is 9.80. The Morgan fingerprint density at radius 3 is 2.70 bits per heavy atom. The minimum absolute atomic E-state index is 0.0740. The van der Waals surface area contributed by atoms with Crippen molar-refractivity contribution in [2.24, 2.45) is 11.8 Å². The fourth-order valence-electron chi connectivity index (χ4n) is 3.83. The number of hydrogen-bond acceptors (Lipinski definition) is 3. The summed E-state index contributed by atoms with van der Waals surface area (Å²) in [6, 6.07) is 8.01. The third kappa shape index (κ3) is 2.34. The molecule has 3 unspecified atom stereocenters. The van der Waals surface area contributed by atoms with Gasteiger partial charge in [-0.05, 0) is 68.7 Å². The summed E-state index contributed by atoms with van der Waals surface area (Å²) in [4.78, 5) is 12.5. The number of carbonyl (C=O) groups is 1. The van der Waals surface area contributed by atoms with Crippen LogP contribution in [-0.4, -0.2) is 18.1 Å². The van der Waals surface area contributed by atoms with E-state index in [4.69, 9.17) is 4.74 Å². The summed E-state index contributed by atoms with van der Waals surface area (Å²) in [6.45, 7) is 2.32. The maximum atomic E-state index is 12.5. The van der Waals surface area contributed by atoms with E-state index in [1.807, 2.05) is 31.2 Å². The molecule has 1 N–H and O–H groups in total. The van der Waals surface area contributed by atoms with Crippen molar-refractivity contribution in [3.63, 3.8) is 0 Å². The van der Waals surface area contributed by atoms with E-state index >= 15 is 0 Å². The van der Waals surface area contributed by atoms with Gasteiger partial charge in [0.05, 0.1) is 6.61 Å². The van der Waals surface area contributed by atoms with Crippen molar-refractivity contribution in [3.05, 3.63) is 28.7 Å². The van der Waals surface area contributed by atoms with Gasteiger partial charge in [-0.1, -0.05) is 15.9 Å². The Bertz CT molecular complexity index is 502. The second-order valence-electron chi connectivity index (χ2n) is 5.90. The Kier molecular flexibility index (Phi) is 3.76. The van der Waals surface area contributed by atoms with Gasteiger partial charge in [-0.3, -0.25) is 0 Å². The van der Waals surface area contributed by atoms with Gasteiger partial charge in [0.15, 0.2) is 0 Å². The molecule has 0 spiro atoms. The molecule has 0 amide bonds. The number of fused-ring (bicyclic) bond motifs is 2. The van der Waals surface area contributed by atoms with Gasteiger partial charge < -0.3 is 10.1 Å². The van der Waals surface area contributed by atoms with Gasteiger partial charge in [0.25, 0.3) is 0 Å². The minimum Gasteiger partial charge on any atom is -0.464 e. The molecule has 2 bridgehead atoms. The molecular weight excluding hydrogens is 318 g/mol. The molecule has 2 aliphatic rings. The highest BCUT2D eigenvalue weighted by Crippen LogP contribution is 2.52. The van der Waals surface area contributed by atoms with Crippen molar-refractivity contribution in [2.75, 3.05) is 11.9 Å². The summed E-state index contributed by atoms with van der Waals surface area (Å²) >= 11 is 3.44. The third-order valence-electron chi connectivity index (χ3n) is 4.70. The number of nitrogens with one attached hydrogen (secondary N) is 1. The maximum Gasteiger partial charge on any atom is 0.332 e. The summed E-state index contributed by atoms with van der Waals surface area (Å²) in [5, 5.41) is 3.50. The highest BCUT2D eigenvalue weighted by atomic mass is 79.9. The van der Waals surface area contributed by atoms with Crippen molar-refractivity contribution in [3.8, 4) is 0 Å². The van der Waals surface area contributed by atoms with Gasteiger partial charge in [-0.15, -0.1) is 0 Å². The van der Waals surface area contributed by atoms with Crippen LogP contribution in [-0.2, 0) is 9.53 Å². The number of ether oxygens (including phenoxy) is 1. The molecule has 0 aromatic heterocycles. The fourth-order valence-corrected chi connectivity index (χ4v) is 4.10. The zero-order valence-electron chi connectivity index (χ0n) is 11.7. The first-order valence-electron chi connectivity index (χ1n) is 7.35. The molecule has 2 saturated carbocycles. The van der Waals surface area contributed by atoms with Crippen LogP contribution in [0.15, 0.2) is 28.7 Å². The molecule has 20 heavy (non-hydrogen) atoms. The van der Waals surface area contributed by atoms with Gasteiger partial charge in [0, 0.05) is 10.2 Å². The fraction of sp³-hybridized carbons (Fsp3) is 0.562. The molecule has 108 valence electrons. The van der Waals surface area contributed by atoms with Crippen LogP contribution in [0.25, 0.3) is 0 Å². The molecule has 2 aliphatic carbocycles. The number of hydrogen-bond donors (Lipinski definition) is 1. The number of carbonyl (C=O) groups excluding carboxylic acids is 1. The second kappa shape index (κ2) is 5.40. The van der Waals surface area contributed by atoms with Crippen molar-refractivity contribution >= 4 is 27.6 Å². The monoisotopic (exact) mass is 337 g/mol. The number of benzene rings is 1. The summed E-state index contributed by atoms with van der Waals surface area (Å²) in [7, 11) is 0. The Morgan fingerprint density at radius 1 is 1.40 bits per heavy atom. The van der Waals surface area contributed by atoms with E-state index in [-0.39, 0.29) is 5.97 Å². The van der Waals surface area contributed by atoms with Crippen LogP contribution in [0.2, 0.25) is 0 Å². The lowest BCUT2D eigenvalue weighted by molar-refractivity contribution is -0.150. The largest absolute Gasteiger partial charge is 0.464 e. The minimum atomic E-state index is -0.507. The molecule has 0 heterocycles. The number of anilines is 1. The van der Waals surface area contributed by atoms with Crippen molar-refractivity contribution in [1.82, 2.24) is 0 Å². The van der Waals surface area contributed by atoms with E-state index < -0.39 is 5.54 Å². The Morgan fingerprint density at radius 2 is 2.15 bits per heavy atom. The van der Waals surface area contributed by atoms with Crippen LogP contribution < -0.4 is 5.32 Å². The van der Waals surface area contributed by atoms with Crippen LogP contribution in [0, 0.1) is 11.8 Å². The molecule has 0 aliphatic heterocycles. The smallest absolute Gasteiger partial charge is 0.332 e. The zero-order valence-corrected chi connectivity index (χ0v) is 13.3. The van der Waals surface area contributed by atoms with Crippen LogP contribution in [0.5, 0.6) is 0 Å². The summed E-state index contributed by atoms with van der Waals surface area (Å²) in [5.41, 5.74) is 0.487. The molecule has 3 atom stereocenters. The number of halogens is 1. The molecule has 0 radical (unpaired) electrons. The van der Waals surface area contributed by atoms with Gasteiger partial charge in [-0.2, -0.15) is 0 Å². The molecule has 4 heteroatoms. The molecule has 1 aromatic rings. The van der Waals surface area contributed by atoms with E-state index in [0.717, 1.165) is 29.4 Å². The molecular formula is C16H20BrNO2. The number of esters is 1. The highest BCUT2D eigenvalue weighted by Gasteiger charge is 2.56. The summed E-state index contributed by atoms with van der Waals surface area (Å²) in [6.07, 6.45) is 4.45. The lowest BCUT2D eigenvalue weighted by Gasteiger charge is -2.37. The second-order valence-corrected chi connectivity index (χ2v) is 6.82. The van der Waals surface area contributed by atoms with Crippen molar-refractivity contribution in [1.29, 1.82) is 0 Å². The predicted molar refractivity (Wildman–Crippen MR) is 82.6 cm³/mol. The number of rotatable bonds is 4. The first-order valence-corrected chi connectivity index (χ1v) is 8.14. The van der Waals surface area contributed by atoms with E-state index in [1.54, 1.807) is 0 Å². The van der Waals surface area contributed by atoms with Gasteiger partial charge in [0.2, 0.25) is 0 Å². The highest BCUT2D eigenvalue weighted by molar-refractivity contribution is 9.10. The van der Waals surface area contributed by atoms with Crippen molar-refractivity contribution in [2.45, 2.75) is 38.1 Å². The third-order valence-corrected chi connectivity index (χ3v) is 5.23. The van der Waals surface area contributed by atoms with E-state index in [2.05, 4.69) is 21.2 Å². The Balaban J connectivity index is 1.86. The van der Waals surface area contributed by atoms with Crippen molar-refractivity contribution < 1.29 is 9.53 Å². The average Bonchev–Trinajstić information content (AvgIpc) is 3.03. The van der Waals surface area contributed by atoms with E-state index in [1.165, 1.54) is 6.42 Å². The topological polar surface area (TPSA) is 38.3 Å². The zero-order chi connectivity index (χ0) is 14.2. The average molecular weight is 338 g/mol. The first kappa shape index (κ1) is 13.9. The quantitative estimate of drug-likeness (QED) is 0.844. The van der Waals surface area contributed by atoms with Crippen LogP contribution in [0.1, 0.15) is 32.6 Å². The van der Waals surface area contributed by atoms with Crippen LogP contribution in [0.3, 0.4) is 0 Å². The van der Waals surface area contributed by atoms with Gasteiger partial charge >= 0.3 is 5.97 Å². The Hall–Kier alpha value is -1.03. The molecule has 3 rings (SSSR count). The lowest BCUT2D eigenvalue weighted by Crippen LogP contribution is -2.51. The van der Waals surface area contributed by atoms with Gasteiger partial charge in [-0.25, -0.2) is 4.79 Å². The summed E-state index contributed by atoms with van der Waals surface area (Å²) < 4.78 is 6.41. The molecule has 0 saturated heterocycles. The van der Waals surface area contributed by atoms with Crippen LogP contribution >= 0.6 is 15.9 Å². The standard InChI is InChI=1S/C16H20BrNO2/c1-2-20-15(19)16(10-11-3-4-12(16)9-11)18-14-7-5-13(17)6-8-14/h5-8,11-12,18H,2-4,9-10H2,1H3. The first-order chi connectivity index (χ1) is 9.64. The normalized spacial score (nSPS) is 31.3. The molecule has 3 nitrogen and oxygen atoms in total. The molecule has 2 fully saturated rings. The maximum absolute atomic E-state index is 12.5. The molecule has 1 aromatic carbocycles. The van der Waals surface area contributed by atoms with E-state index in [9.17, 15) is 4.79 Å². The van der Waals surface area contributed by atoms with Crippen LogP contribution in [0.4, 0.5) is 5.69 Å². The summed E-state index contributed by atoms with van der Waals surface area (Å²) in [5.74, 6) is 1.01.